The summed E-state index contributed by atoms with van der Waals surface area (Å²) >= 11 is 1.92. The zero-order chi connectivity index (χ0) is 20.5. The van der Waals surface area contributed by atoms with Crippen LogP contribution in [0.4, 0.5) is 0 Å². The fourth-order valence-corrected chi connectivity index (χ4v) is 6.36. The first-order valence-electron chi connectivity index (χ1n) is 10.6. The summed E-state index contributed by atoms with van der Waals surface area (Å²) in [5, 5.41) is 8.07. The molecule has 0 aliphatic heterocycles. The first-order chi connectivity index (χ1) is 15.3. The van der Waals surface area contributed by atoms with Crippen molar-refractivity contribution in [3.63, 3.8) is 0 Å². The number of rotatable bonds is 1. The van der Waals surface area contributed by atoms with Crippen LogP contribution >= 0.6 is 11.3 Å². The van der Waals surface area contributed by atoms with Crippen LogP contribution in [-0.2, 0) is 0 Å². The van der Waals surface area contributed by atoms with Gasteiger partial charge in [-0.3, -0.25) is 0 Å². The number of nitrogens with zero attached hydrogens (tertiary/aromatic N) is 1. The lowest BCUT2D eigenvalue weighted by molar-refractivity contribution is 1.18. The first-order valence-corrected chi connectivity index (χ1v) is 11.4. The smallest absolute Gasteiger partial charge is 0.0634 e. The molecule has 7 rings (SSSR count). The van der Waals surface area contributed by atoms with E-state index in [4.69, 9.17) is 0 Å². The van der Waals surface area contributed by atoms with E-state index in [-0.39, 0.29) is 0 Å². The predicted molar refractivity (Wildman–Crippen MR) is 136 cm³/mol. The van der Waals surface area contributed by atoms with Crippen LogP contribution in [0.1, 0.15) is 5.56 Å². The Morgan fingerprint density at radius 3 is 2.03 bits per heavy atom. The van der Waals surface area contributed by atoms with Gasteiger partial charge in [0.25, 0.3) is 0 Å². The lowest BCUT2D eigenvalue weighted by atomic mass is 10.00. The minimum atomic E-state index is 1.21. The maximum absolute atomic E-state index is 2.45. The molecule has 31 heavy (non-hydrogen) atoms. The molecule has 7 aromatic rings. The van der Waals surface area contributed by atoms with Crippen molar-refractivity contribution in [2.45, 2.75) is 6.92 Å². The zero-order valence-electron chi connectivity index (χ0n) is 17.1. The standard InChI is InChI=1S/C29H19NS/c1-18-14-16-19(17-15-18)30-24-12-6-4-10-22(24)27-28(30)21-9-3-2-8-20(21)26-23-11-5-7-13-25(23)31-29(26)27/h2-17H,1H3. The quantitative estimate of drug-likeness (QED) is 0.254. The highest BCUT2D eigenvalue weighted by Crippen LogP contribution is 2.47. The summed E-state index contributed by atoms with van der Waals surface area (Å²) in [6, 6.07) is 35.5. The summed E-state index contributed by atoms with van der Waals surface area (Å²) < 4.78 is 5.19. The summed E-state index contributed by atoms with van der Waals surface area (Å²) in [6.45, 7) is 2.14. The normalized spacial score (nSPS) is 12.0. The maximum Gasteiger partial charge on any atom is 0.0634 e. The summed E-state index contributed by atoms with van der Waals surface area (Å²) in [6.07, 6.45) is 0. The fourth-order valence-electron chi connectivity index (χ4n) is 5.08. The van der Waals surface area contributed by atoms with Crippen LogP contribution in [0.25, 0.3) is 58.4 Å². The van der Waals surface area contributed by atoms with Crippen LogP contribution in [-0.4, -0.2) is 4.57 Å². The van der Waals surface area contributed by atoms with Crippen LogP contribution in [0.3, 0.4) is 0 Å². The highest BCUT2D eigenvalue weighted by Gasteiger charge is 2.21. The number of hydrogen-bond donors (Lipinski definition) is 0. The highest BCUT2D eigenvalue weighted by molar-refractivity contribution is 7.27. The number of fused-ring (bicyclic) bond motifs is 10. The molecule has 0 radical (unpaired) electrons. The van der Waals surface area contributed by atoms with Crippen LogP contribution in [0.5, 0.6) is 0 Å². The van der Waals surface area contributed by atoms with E-state index in [9.17, 15) is 0 Å². The van der Waals surface area contributed by atoms with E-state index in [0.717, 1.165) is 0 Å². The summed E-state index contributed by atoms with van der Waals surface area (Å²) in [4.78, 5) is 0. The Hall–Kier alpha value is -3.62. The molecule has 0 spiro atoms. The first kappa shape index (κ1) is 17.1. The molecule has 1 nitrogen and oxygen atoms in total. The van der Waals surface area contributed by atoms with Crippen molar-refractivity contribution < 1.29 is 0 Å². The van der Waals surface area contributed by atoms with Gasteiger partial charge >= 0.3 is 0 Å². The second-order valence-electron chi connectivity index (χ2n) is 8.26. The third-order valence-corrected chi connectivity index (χ3v) is 7.63. The van der Waals surface area contributed by atoms with Gasteiger partial charge in [0, 0.05) is 42.0 Å². The second kappa shape index (κ2) is 6.19. The maximum atomic E-state index is 2.45. The van der Waals surface area contributed by atoms with Crippen LogP contribution < -0.4 is 0 Å². The summed E-state index contributed by atoms with van der Waals surface area (Å²) in [7, 11) is 0. The molecular weight excluding hydrogens is 394 g/mol. The number of hydrogen-bond acceptors (Lipinski definition) is 1. The minimum Gasteiger partial charge on any atom is -0.309 e. The van der Waals surface area contributed by atoms with Crippen molar-refractivity contribution in [2.75, 3.05) is 0 Å². The van der Waals surface area contributed by atoms with E-state index in [1.807, 2.05) is 11.3 Å². The Kier molecular flexibility index (Phi) is 3.42. The lowest BCUT2D eigenvalue weighted by Gasteiger charge is -2.11. The molecule has 0 bridgehead atoms. The molecule has 0 saturated heterocycles. The van der Waals surface area contributed by atoms with Crippen LogP contribution in [0.2, 0.25) is 0 Å². The Bertz CT molecular complexity index is 1780. The molecule has 146 valence electrons. The second-order valence-corrected chi connectivity index (χ2v) is 9.31. The van der Waals surface area contributed by atoms with Gasteiger partial charge in [-0.15, -0.1) is 11.3 Å². The van der Waals surface area contributed by atoms with Gasteiger partial charge < -0.3 is 4.57 Å². The SMILES string of the molecule is Cc1ccc(-n2c3ccccc3c3c4sc5ccccc5c4c4ccccc4c32)cc1. The van der Waals surface area contributed by atoms with Gasteiger partial charge in [-0.2, -0.15) is 0 Å². The molecule has 5 aromatic carbocycles. The zero-order valence-corrected chi connectivity index (χ0v) is 17.9. The molecule has 0 atom stereocenters. The largest absolute Gasteiger partial charge is 0.309 e. The molecule has 0 amide bonds. The molecule has 0 fully saturated rings. The van der Waals surface area contributed by atoms with Gasteiger partial charge in [-0.1, -0.05) is 78.4 Å². The minimum absolute atomic E-state index is 1.21. The number of benzene rings is 5. The van der Waals surface area contributed by atoms with E-state index < -0.39 is 0 Å². The fraction of sp³-hybridized carbons (Fsp3) is 0.0345. The van der Waals surface area contributed by atoms with Crippen molar-refractivity contribution in [1.82, 2.24) is 4.57 Å². The molecule has 0 saturated carbocycles. The third-order valence-electron chi connectivity index (χ3n) is 6.44. The van der Waals surface area contributed by atoms with E-state index >= 15 is 0 Å². The molecule has 2 aromatic heterocycles. The van der Waals surface area contributed by atoms with Crippen molar-refractivity contribution in [3.05, 3.63) is 103 Å². The van der Waals surface area contributed by atoms with E-state index in [1.54, 1.807) is 0 Å². The average Bonchev–Trinajstić information content (AvgIpc) is 3.36. The summed E-state index contributed by atoms with van der Waals surface area (Å²) in [5.74, 6) is 0. The molecule has 2 heteroatoms. The number of aryl methyl sites for hydroxylation is 1. The predicted octanol–water partition coefficient (Wildman–Crippen LogP) is 8.61. The van der Waals surface area contributed by atoms with E-state index in [2.05, 4.69) is 109 Å². The molecule has 0 aliphatic carbocycles. The molecule has 0 unspecified atom stereocenters. The Morgan fingerprint density at radius 2 is 1.23 bits per heavy atom. The Labute approximate surface area is 183 Å². The van der Waals surface area contributed by atoms with Crippen molar-refractivity contribution in [3.8, 4) is 5.69 Å². The molecule has 0 N–H and O–H groups in total. The van der Waals surface area contributed by atoms with Crippen molar-refractivity contribution >= 4 is 64.1 Å². The lowest BCUT2D eigenvalue weighted by Crippen LogP contribution is -1.94. The number of thiophene rings is 1. The number of aromatic nitrogens is 1. The summed E-state index contributed by atoms with van der Waals surface area (Å²) in [5.41, 5.74) is 5.06. The van der Waals surface area contributed by atoms with Gasteiger partial charge in [0.1, 0.15) is 0 Å². The molecule has 2 heterocycles. The van der Waals surface area contributed by atoms with Gasteiger partial charge in [-0.25, -0.2) is 0 Å². The average molecular weight is 414 g/mol. The van der Waals surface area contributed by atoms with Gasteiger partial charge in [0.2, 0.25) is 0 Å². The molecule has 0 aliphatic rings. The van der Waals surface area contributed by atoms with Gasteiger partial charge in [0.05, 0.1) is 11.0 Å². The van der Waals surface area contributed by atoms with Gasteiger partial charge in [0.15, 0.2) is 0 Å². The van der Waals surface area contributed by atoms with Crippen molar-refractivity contribution in [1.29, 1.82) is 0 Å². The van der Waals surface area contributed by atoms with Crippen LogP contribution in [0, 0.1) is 6.92 Å². The molecular formula is C29H19NS. The topological polar surface area (TPSA) is 4.93 Å². The Morgan fingerprint density at radius 1 is 0.581 bits per heavy atom. The van der Waals surface area contributed by atoms with Crippen molar-refractivity contribution in [2.24, 2.45) is 0 Å². The highest BCUT2D eigenvalue weighted by atomic mass is 32.1. The van der Waals surface area contributed by atoms with Gasteiger partial charge in [-0.05, 0) is 36.6 Å². The Balaban J connectivity index is 1.85. The monoisotopic (exact) mass is 413 g/mol. The van der Waals surface area contributed by atoms with E-state index in [0.29, 0.717) is 0 Å². The van der Waals surface area contributed by atoms with Crippen LogP contribution in [0.15, 0.2) is 97.1 Å². The number of para-hydroxylation sites is 1. The third kappa shape index (κ3) is 2.26. The van der Waals surface area contributed by atoms with E-state index in [1.165, 1.54) is 64.0 Å².